The van der Waals surface area contributed by atoms with E-state index in [4.69, 9.17) is 10.4 Å². The van der Waals surface area contributed by atoms with Crippen LogP contribution in [0.25, 0.3) is 0 Å². The average molecular weight is 344 g/mol. The summed E-state index contributed by atoms with van der Waals surface area (Å²) >= 11 is 0. The Morgan fingerprint density at radius 1 is 1.28 bits per heavy atom. The van der Waals surface area contributed by atoms with Crippen LogP contribution in [0.1, 0.15) is 20.3 Å². The monoisotopic (exact) mass is 344 g/mol. The molecular weight excluding hydrogens is 320 g/mol. The van der Waals surface area contributed by atoms with E-state index in [0.717, 1.165) is 5.69 Å². The molecule has 0 aromatic heterocycles. The first-order chi connectivity index (χ1) is 11.7. The minimum atomic E-state index is -1.12. The van der Waals surface area contributed by atoms with Crippen LogP contribution in [-0.4, -0.2) is 37.1 Å². The lowest BCUT2D eigenvalue weighted by Crippen LogP contribution is -2.42. The number of carboxylic acids is 1. The first kappa shape index (κ1) is 20.0. The predicted octanol–water partition coefficient (Wildman–Crippen LogP) is 2.19. The van der Waals surface area contributed by atoms with Crippen molar-refractivity contribution in [1.82, 2.24) is 5.32 Å². The molecule has 7 nitrogen and oxygen atoms in total. The number of hydrogen-bond donors (Lipinski definition) is 3. The Morgan fingerprint density at radius 2 is 1.88 bits per heavy atom. The molecule has 0 aliphatic rings. The summed E-state index contributed by atoms with van der Waals surface area (Å²) in [4.78, 5) is 25.3. The Bertz CT molecular complexity index is 673. The van der Waals surface area contributed by atoms with Crippen LogP contribution in [0.15, 0.2) is 36.0 Å². The number of aliphatic carboxylic acids is 1. The molecule has 7 heteroatoms. The van der Waals surface area contributed by atoms with E-state index >= 15 is 0 Å². The summed E-state index contributed by atoms with van der Waals surface area (Å²) in [7, 11) is 3.85. The number of nitrogens with one attached hydrogen (secondary N) is 2. The maximum atomic E-state index is 12.1. The van der Waals surface area contributed by atoms with E-state index in [9.17, 15) is 9.59 Å². The van der Waals surface area contributed by atoms with E-state index < -0.39 is 17.9 Å². The molecule has 25 heavy (non-hydrogen) atoms. The van der Waals surface area contributed by atoms with Crippen molar-refractivity contribution >= 4 is 23.3 Å². The fourth-order valence-corrected chi connectivity index (χ4v) is 2.09. The highest BCUT2D eigenvalue weighted by molar-refractivity contribution is 5.99. The Labute approximate surface area is 147 Å². The zero-order valence-corrected chi connectivity index (χ0v) is 14.9. The lowest BCUT2D eigenvalue weighted by molar-refractivity contribution is -0.141. The smallest absolute Gasteiger partial charge is 0.326 e. The van der Waals surface area contributed by atoms with Crippen LogP contribution in [-0.2, 0) is 9.59 Å². The number of carbonyl (C=O) groups is 2. The summed E-state index contributed by atoms with van der Waals surface area (Å²) in [6, 6.07) is 8.18. The zero-order valence-electron chi connectivity index (χ0n) is 14.9. The summed E-state index contributed by atoms with van der Waals surface area (Å²) in [5.41, 5.74) is 1.54. The molecule has 0 saturated carbocycles. The average Bonchev–Trinajstić information content (AvgIpc) is 2.54. The zero-order chi connectivity index (χ0) is 19.0. The molecule has 3 N–H and O–H groups in total. The van der Waals surface area contributed by atoms with E-state index in [1.54, 1.807) is 6.07 Å². The van der Waals surface area contributed by atoms with Crippen LogP contribution in [0.5, 0.6) is 0 Å². The second kappa shape index (κ2) is 9.33. The fourth-order valence-electron chi connectivity index (χ4n) is 2.09. The molecule has 0 aliphatic heterocycles. The van der Waals surface area contributed by atoms with Gasteiger partial charge in [-0.1, -0.05) is 13.8 Å². The summed E-state index contributed by atoms with van der Waals surface area (Å²) in [5, 5.41) is 23.6. The van der Waals surface area contributed by atoms with Crippen molar-refractivity contribution in [1.29, 1.82) is 5.26 Å². The first-order valence-corrected chi connectivity index (χ1v) is 7.92. The predicted molar refractivity (Wildman–Crippen MR) is 97.1 cm³/mol. The van der Waals surface area contributed by atoms with Gasteiger partial charge in [0.05, 0.1) is 0 Å². The van der Waals surface area contributed by atoms with Gasteiger partial charge in [-0.3, -0.25) is 4.79 Å². The van der Waals surface area contributed by atoms with Gasteiger partial charge < -0.3 is 20.6 Å². The van der Waals surface area contributed by atoms with E-state index in [-0.39, 0.29) is 11.5 Å². The molecule has 1 rings (SSSR count). The molecule has 1 unspecified atom stereocenters. The SMILES string of the molecule is CC(C)CC(NC(=O)/C(C#N)=C\Nc1ccc(N(C)C)cc1)C(=O)O. The number of nitrogens with zero attached hydrogens (tertiary/aromatic N) is 2. The van der Waals surface area contributed by atoms with Crippen LogP contribution in [0, 0.1) is 17.2 Å². The highest BCUT2D eigenvalue weighted by Gasteiger charge is 2.22. The van der Waals surface area contributed by atoms with Crippen molar-refractivity contribution in [2.24, 2.45) is 5.92 Å². The largest absolute Gasteiger partial charge is 0.480 e. The summed E-state index contributed by atoms with van der Waals surface area (Å²) in [6.45, 7) is 3.73. The molecular formula is C18H24N4O3. The number of rotatable bonds is 8. The third kappa shape index (κ3) is 6.55. The van der Waals surface area contributed by atoms with E-state index in [1.165, 1.54) is 6.20 Å². The Kier molecular flexibility index (Phi) is 7.47. The minimum absolute atomic E-state index is 0.101. The second-order valence-electron chi connectivity index (χ2n) is 6.25. The van der Waals surface area contributed by atoms with Gasteiger partial charge in [-0.25, -0.2) is 4.79 Å². The fraction of sp³-hybridized carbons (Fsp3) is 0.389. The Morgan fingerprint density at radius 3 is 2.32 bits per heavy atom. The third-order valence-corrected chi connectivity index (χ3v) is 3.44. The van der Waals surface area contributed by atoms with Crippen LogP contribution in [0.4, 0.5) is 11.4 Å². The molecule has 0 heterocycles. The molecule has 134 valence electrons. The maximum Gasteiger partial charge on any atom is 0.326 e. The number of carbonyl (C=O) groups excluding carboxylic acids is 1. The number of anilines is 2. The molecule has 0 saturated heterocycles. The van der Waals surface area contributed by atoms with E-state index in [0.29, 0.717) is 12.1 Å². The standard InChI is InChI=1S/C18H24N4O3/c1-12(2)9-16(18(24)25)21-17(23)13(10-19)11-20-14-5-7-15(8-6-14)22(3)4/h5-8,11-12,16,20H,9H2,1-4H3,(H,21,23)(H,24,25)/b13-11-. The third-order valence-electron chi connectivity index (χ3n) is 3.44. The minimum Gasteiger partial charge on any atom is -0.480 e. The lowest BCUT2D eigenvalue weighted by Gasteiger charge is -2.16. The van der Waals surface area contributed by atoms with Gasteiger partial charge in [-0.2, -0.15) is 5.26 Å². The van der Waals surface area contributed by atoms with Gasteiger partial charge in [0.1, 0.15) is 17.7 Å². The summed E-state index contributed by atoms with van der Waals surface area (Å²) in [6.07, 6.45) is 1.56. The molecule has 0 spiro atoms. The molecule has 1 aromatic rings. The number of benzene rings is 1. The van der Waals surface area contributed by atoms with Gasteiger partial charge in [-0.05, 0) is 36.6 Å². The van der Waals surface area contributed by atoms with Gasteiger partial charge in [0.25, 0.3) is 5.91 Å². The van der Waals surface area contributed by atoms with Gasteiger partial charge in [0.15, 0.2) is 0 Å². The quantitative estimate of drug-likeness (QED) is 0.493. The van der Waals surface area contributed by atoms with E-state index in [2.05, 4.69) is 10.6 Å². The van der Waals surface area contributed by atoms with Gasteiger partial charge in [0.2, 0.25) is 0 Å². The molecule has 1 atom stereocenters. The summed E-state index contributed by atoms with van der Waals surface area (Å²) in [5.74, 6) is -1.73. The normalized spacial score (nSPS) is 12.2. The first-order valence-electron chi connectivity index (χ1n) is 7.92. The summed E-state index contributed by atoms with van der Waals surface area (Å²) < 4.78 is 0. The van der Waals surface area contributed by atoms with Crippen LogP contribution in [0.2, 0.25) is 0 Å². The van der Waals surface area contributed by atoms with Crippen molar-refractivity contribution in [3.05, 3.63) is 36.0 Å². The van der Waals surface area contributed by atoms with Crippen LogP contribution < -0.4 is 15.5 Å². The van der Waals surface area contributed by atoms with Crippen molar-refractivity contribution in [2.45, 2.75) is 26.3 Å². The lowest BCUT2D eigenvalue weighted by atomic mass is 10.0. The van der Waals surface area contributed by atoms with Gasteiger partial charge >= 0.3 is 5.97 Å². The van der Waals surface area contributed by atoms with Crippen molar-refractivity contribution in [3.8, 4) is 6.07 Å². The molecule has 0 aliphatic carbocycles. The number of nitriles is 1. The van der Waals surface area contributed by atoms with Gasteiger partial charge in [0, 0.05) is 31.7 Å². The van der Waals surface area contributed by atoms with Crippen molar-refractivity contribution < 1.29 is 14.7 Å². The topological polar surface area (TPSA) is 105 Å². The molecule has 0 fully saturated rings. The Balaban J connectivity index is 2.79. The molecule has 0 radical (unpaired) electrons. The molecule has 0 bridgehead atoms. The van der Waals surface area contributed by atoms with Crippen LogP contribution >= 0.6 is 0 Å². The molecule has 1 amide bonds. The Hall–Kier alpha value is -3.01. The highest BCUT2D eigenvalue weighted by atomic mass is 16.4. The van der Waals surface area contributed by atoms with Gasteiger partial charge in [-0.15, -0.1) is 0 Å². The van der Waals surface area contributed by atoms with E-state index in [1.807, 2.05) is 57.1 Å². The number of carboxylic acid groups (broad SMARTS) is 1. The van der Waals surface area contributed by atoms with Crippen molar-refractivity contribution in [2.75, 3.05) is 24.3 Å². The highest BCUT2D eigenvalue weighted by Crippen LogP contribution is 2.16. The second-order valence-corrected chi connectivity index (χ2v) is 6.25. The number of hydrogen-bond acceptors (Lipinski definition) is 5. The van der Waals surface area contributed by atoms with Crippen LogP contribution in [0.3, 0.4) is 0 Å². The maximum absolute atomic E-state index is 12.1. The van der Waals surface area contributed by atoms with Crippen molar-refractivity contribution in [3.63, 3.8) is 0 Å². The number of amides is 1. The molecule has 1 aromatic carbocycles.